The Hall–Kier alpha value is -2.11. The van der Waals surface area contributed by atoms with Gasteiger partial charge in [0, 0.05) is 13.1 Å². The van der Waals surface area contributed by atoms with E-state index in [4.69, 9.17) is 9.47 Å². The number of methoxy groups -OCH3 is 1. The topological polar surface area (TPSA) is 50.7 Å². The summed E-state index contributed by atoms with van der Waals surface area (Å²) >= 11 is 0. The quantitative estimate of drug-likeness (QED) is 0.785. The predicted molar refractivity (Wildman–Crippen MR) is 87.2 cm³/mol. The summed E-state index contributed by atoms with van der Waals surface area (Å²) in [6.07, 6.45) is -0.680. The van der Waals surface area contributed by atoms with Crippen LogP contribution in [0.5, 0.6) is 11.5 Å². The Labute approximate surface area is 135 Å². The molecular weight excluding hydrogens is 297 g/mol. The van der Waals surface area contributed by atoms with Crippen LogP contribution in [0.4, 0.5) is 4.39 Å². The van der Waals surface area contributed by atoms with Gasteiger partial charge in [0.15, 0.2) is 11.5 Å². The highest BCUT2D eigenvalue weighted by atomic mass is 19.1. The maximum Gasteiger partial charge on any atom is 0.161 e. The maximum absolute atomic E-state index is 12.9. The first-order valence-corrected chi connectivity index (χ1v) is 7.58. The van der Waals surface area contributed by atoms with Crippen molar-refractivity contribution >= 4 is 0 Å². The highest BCUT2D eigenvalue weighted by molar-refractivity contribution is 5.42. The second-order valence-corrected chi connectivity index (χ2v) is 5.12. The van der Waals surface area contributed by atoms with E-state index in [2.05, 4.69) is 5.32 Å². The third kappa shape index (κ3) is 4.94. The van der Waals surface area contributed by atoms with Crippen LogP contribution in [0.3, 0.4) is 0 Å². The monoisotopic (exact) mass is 319 g/mol. The van der Waals surface area contributed by atoms with Gasteiger partial charge in [0.2, 0.25) is 0 Å². The fraction of sp³-hybridized carbons (Fsp3) is 0.333. The lowest BCUT2D eigenvalue weighted by molar-refractivity contribution is 0.174. The van der Waals surface area contributed by atoms with Crippen molar-refractivity contribution in [3.63, 3.8) is 0 Å². The van der Waals surface area contributed by atoms with Crippen molar-refractivity contribution in [1.82, 2.24) is 5.32 Å². The zero-order chi connectivity index (χ0) is 16.7. The molecule has 0 bridgehead atoms. The second-order valence-electron chi connectivity index (χ2n) is 5.12. The Bertz CT molecular complexity index is 616. The largest absolute Gasteiger partial charge is 0.493 e. The summed E-state index contributed by atoms with van der Waals surface area (Å²) < 4.78 is 23.7. The Morgan fingerprint density at radius 1 is 1.13 bits per heavy atom. The maximum atomic E-state index is 12.9. The molecule has 5 heteroatoms. The number of halogens is 1. The first-order chi connectivity index (χ1) is 11.1. The Balaban J connectivity index is 1.90. The normalized spacial score (nSPS) is 12.0. The average Bonchev–Trinajstić information content (AvgIpc) is 2.56. The van der Waals surface area contributed by atoms with Gasteiger partial charge >= 0.3 is 0 Å². The first-order valence-electron chi connectivity index (χ1n) is 7.58. The number of nitrogens with one attached hydrogen (secondary N) is 1. The van der Waals surface area contributed by atoms with Gasteiger partial charge in [-0.15, -0.1) is 0 Å². The molecule has 0 aliphatic rings. The van der Waals surface area contributed by atoms with Crippen molar-refractivity contribution in [2.75, 3.05) is 20.3 Å². The summed E-state index contributed by atoms with van der Waals surface area (Å²) in [6.45, 7) is 3.45. The molecule has 0 aromatic heterocycles. The molecule has 0 saturated carbocycles. The number of hydrogen-bond donors (Lipinski definition) is 2. The van der Waals surface area contributed by atoms with E-state index < -0.39 is 6.10 Å². The first kappa shape index (κ1) is 17.2. The van der Waals surface area contributed by atoms with E-state index in [-0.39, 0.29) is 5.82 Å². The molecule has 1 unspecified atom stereocenters. The number of aliphatic hydroxyl groups is 1. The molecule has 0 spiro atoms. The van der Waals surface area contributed by atoms with Gasteiger partial charge in [0.05, 0.1) is 19.8 Å². The molecule has 2 aromatic carbocycles. The van der Waals surface area contributed by atoms with Gasteiger partial charge in [-0.2, -0.15) is 0 Å². The summed E-state index contributed by atoms with van der Waals surface area (Å²) in [5.41, 5.74) is 1.71. The third-order valence-electron chi connectivity index (χ3n) is 3.45. The fourth-order valence-corrected chi connectivity index (χ4v) is 2.26. The van der Waals surface area contributed by atoms with E-state index in [0.29, 0.717) is 36.8 Å². The molecule has 4 nitrogen and oxygen atoms in total. The van der Waals surface area contributed by atoms with Gasteiger partial charge in [-0.25, -0.2) is 4.39 Å². The SMILES string of the molecule is CCOc1cc(CNCC(O)c2ccc(F)cc2)ccc1OC. The minimum Gasteiger partial charge on any atom is -0.493 e. The van der Waals surface area contributed by atoms with Gasteiger partial charge in [-0.1, -0.05) is 18.2 Å². The summed E-state index contributed by atoms with van der Waals surface area (Å²) in [4.78, 5) is 0. The Kier molecular flexibility index (Phi) is 6.38. The van der Waals surface area contributed by atoms with Gasteiger partial charge < -0.3 is 19.9 Å². The molecule has 2 rings (SSSR count). The van der Waals surface area contributed by atoms with E-state index in [0.717, 1.165) is 5.56 Å². The average molecular weight is 319 g/mol. The number of aliphatic hydroxyl groups excluding tert-OH is 1. The summed E-state index contributed by atoms with van der Waals surface area (Å²) in [6, 6.07) is 11.6. The molecule has 23 heavy (non-hydrogen) atoms. The molecule has 2 aromatic rings. The van der Waals surface area contributed by atoms with Gasteiger partial charge in [-0.3, -0.25) is 0 Å². The molecular formula is C18H22FNO3. The van der Waals surface area contributed by atoms with Crippen LogP contribution < -0.4 is 14.8 Å². The van der Waals surface area contributed by atoms with Crippen molar-refractivity contribution < 1.29 is 19.0 Å². The zero-order valence-electron chi connectivity index (χ0n) is 13.4. The summed E-state index contributed by atoms with van der Waals surface area (Å²) in [5.74, 6) is 1.09. The number of hydrogen-bond acceptors (Lipinski definition) is 4. The second kappa shape index (κ2) is 8.50. The zero-order valence-corrected chi connectivity index (χ0v) is 13.4. The molecule has 0 saturated heterocycles. The molecule has 124 valence electrons. The Morgan fingerprint density at radius 2 is 1.87 bits per heavy atom. The highest BCUT2D eigenvalue weighted by Gasteiger charge is 2.08. The molecule has 0 aliphatic heterocycles. The number of benzene rings is 2. The van der Waals surface area contributed by atoms with Crippen LogP contribution in [0.1, 0.15) is 24.2 Å². The van der Waals surface area contributed by atoms with Crippen molar-refractivity contribution in [2.24, 2.45) is 0 Å². The van der Waals surface area contributed by atoms with E-state index in [9.17, 15) is 9.50 Å². The minimum absolute atomic E-state index is 0.310. The van der Waals surface area contributed by atoms with Crippen LogP contribution in [0.15, 0.2) is 42.5 Å². The lowest BCUT2D eigenvalue weighted by Crippen LogP contribution is -2.21. The standard InChI is InChI=1S/C18H22FNO3/c1-3-23-18-10-13(4-9-17(18)22-2)11-20-12-16(21)14-5-7-15(19)8-6-14/h4-10,16,20-21H,3,11-12H2,1-2H3. The molecule has 0 amide bonds. The summed E-state index contributed by atoms with van der Waals surface area (Å²) in [5, 5.41) is 13.3. The minimum atomic E-state index is -0.680. The molecule has 2 N–H and O–H groups in total. The predicted octanol–water partition coefficient (Wildman–Crippen LogP) is 3.06. The van der Waals surface area contributed by atoms with E-state index in [1.54, 1.807) is 19.2 Å². The molecule has 0 fully saturated rings. The fourth-order valence-electron chi connectivity index (χ4n) is 2.26. The van der Waals surface area contributed by atoms with Gasteiger partial charge in [-0.05, 0) is 42.3 Å². The van der Waals surface area contributed by atoms with Crippen LogP contribution in [0, 0.1) is 5.82 Å². The Morgan fingerprint density at radius 3 is 2.52 bits per heavy atom. The van der Waals surface area contributed by atoms with Crippen LogP contribution in [0.25, 0.3) is 0 Å². The van der Waals surface area contributed by atoms with Crippen molar-refractivity contribution in [3.8, 4) is 11.5 Å². The number of ether oxygens (including phenoxy) is 2. The molecule has 0 heterocycles. The highest BCUT2D eigenvalue weighted by Crippen LogP contribution is 2.28. The molecule has 1 atom stereocenters. The van der Waals surface area contributed by atoms with Crippen molar-refractivity contribution in [3.05, 3.63) is 59.4 Å². The van der Waals surface area contributed by atoms with Crippen LogP contribution >= 0.6 is 0 Å². The third-order valence-corrected chi connectivity index (χ3v) is 3.45. The molecule has 0 radical (unpaired) electrons. The summed E-state index contributed by atoms with van der Waals surface area (Å²) in [7, 11) is 1.61. The number of rotatable bonds is 8. The van der Waals surface area contributed by atoms with Crippen LogP contribution in [-0.4, -0.2) is 25.4 Å². The van der Waals surface area contributed by atoms with Crippen LogP contribution in [-0.2, 0) is 6.54 Å². The molecule has 0 aliphatic carbocycles. The smallest absolute Gasteiger partial charge is 0.161 e. The van der Waals surface area contributed by atoms with Crippen LogP contribution in [0.2, 0.25) is 0 Å². The van der Waals surface area contributed by atoms with Crippen molar-refractivity contribution in [1.29, 1.82) is 0 Å². The lowest BCUT2D eigenvalue weighted by atomic mass is 10.1. The van der Waals surface area contributed by atoms with Gasteiger partial charge in [0.1, 0.15) is 5.82 Å². The van der Waals surface area contributed by atoms with E-state index >= 15 is 0 Å². The lowest BCUT2D eigenvalue weighted by Gasteiger charge is -2.14. The van der Waals surface area contributed by atoms with E-state index in [1.807, 2.05) is 25.1 Å². The van der Waals surface area contributed by atoms with Crippen molar-refractivity contribution in [2.45, 2.75) is 19.6 Å². The van der Waals surface area contributed by atoms with E-state index in [1.165, 1.54) is 12.1 Å². The van der Waals surface area contributed by atoms with Gasteiger partial charge in [0.25, 0.3) is 0 Å².